The topological polar surface area (TPSA) is 19.4 Å². The predicted molar refractivity (Wildman–Crippen MR) is 66.6 cm³/mol. The molecule has 2 rings (SSSR count). The minimum Gasteiger partial charge on any atom is -0.301 e. The molecular formula is C13H18F3N3. The number of rotatable bonds is 3. The molecule has 1 aliphatic rings. The fourth-order valence-electron chi connectivity index (χ4n) is 2.21. The van der Waals surface area contributed by atoms with Crippen LogP contribution in [-0.2, 0) is 12.7 Å². The molecule has 1 aliphatic heterocycles. The van der Waals surface area contributed by atoms with Gasteiger partial charge in [0.15, 0.2) is 0 Å². The molecule has 0 aromatic carbocycles. The Hall–Kier alpha value is -1.14. The van der Waals surface area contributed by atoms with Crippen molar-refractivity contribution in [3.8, 4) is 0 Å². The lowest BCUT2D eigenvalue weighted by molar-refractivity contribution is -0.141. The third-order valence-corrected chi connectivity index (χ3v) is 3.43. The third kappa shape index (κ3) is 3.91. The van der Waals surface area contributed by atoms with Crippen LogP contribution < -0.4 is 0 Å². The second-order valence-electron chi connectivity index (χ2n) is 4.76. The summed E-state index contributed by atoms with van der Waals surface area (Å²) in [4.78, 5) is 8.09. The number of likely N-dealkylation sites (N-methyl/N-ethyl adjacent to an activating group) is 1. The molecule has 2 heterocycles. The second-order valence-corrected chi connectivity index (χ2v) is 4.76. The summed E-state index contributed by atoms with van der Waals surface area (Å²) >= 11 is 0. The molecule has 0 atom stereocenters. The lowest BCUT2D eigenvalue weighted by atomic mass is 10.2. The van der Waals surface area contributed by atoms with Gasteiger partial charge in [0.05, 0.1) is 0 Å². The highest BCUT2D eigenvalue weighted by Crippen LogP contribution is 2.27. The zero-order valence-electron chi connectivity index (χ0n) is 11.0. The standard InChI is InChI=1S/C13H18F3N3/c1-2-18-5-7-19(8-6-18)10-11-3-4-12(17-9-11)13(14,15)16/h3-4,9H,2,5-8,10H2,1H3. The van der Waals surface area contributed by atoms with E-state index < -0.39 is 11.9 Å². The first-order valence-electron chi connectivity index (χ1n) is 6.46. The van der Waals surface area contributed by atoms with Gasteiger partial charge >= 0.3 is 6.18 Å². The fraction of sp³-hybridized carbons (Fsp3) is 0.615. The number of hydrogen-bond acceptors (Lipinski definition) is 3. The monoisotopic (exact) mass is 273 g/mol. The summed E-state index contributed by atoms with van der Waals surface area (Å²) in [6.07, 6.45) is -3.03. The van der Waals surface area contributed by atoms with E-state index in [0.29, 0.717) is 6.54 Å². The Morgan fingerprint density at radius 1 is 1.11 bits per heavy atom. The number of halogens is 3. The van der Waals surface area contributed by atoms with E-state index in [0.717, 1.165) is 44.4 Å². The molecule has 0 unspecified atom stereocenters. The van der Waals surface area contributed by atoms with E-state index in [1.165, 1.54) is 12.3 Å². The van der Waals surface area contributed by atoms with Crippen molar-refractivity contribution in [1.29, 1.82) is 0 Å². The van der Waals surface area contributed by atoms with Crippen molar-refractivity contribution < 1.29 is 13.2 Å². The number of aromatic nitrogens is 1. The van der Waals surface area contributed by atoms with Crippen molar-refractivity contribution >= 4 is 0 Å². The van der Waals surface area contributed by atoms with Gasteiger partial charge in [0.1, 0.15) is 5.69 Å². The lowest BCUT2D eigenvalue weighted by Gasteiger charge is -2.33. The van der Waals surface area contributed by atoms with Gasteiger partial charge in [0, 0.05) is 38.9 Å². The number of hydrogen-bond donors (Lipinski definition) is 0. The maximum atomic E-state index is 12.4. The summed E-state index contributed by atoms with van der Waals surface area (Å²) in [5, 5.41) is 0. The van der Waals surface area contributed by atoms with Crippen LogP contribution >= 0.6 is 0 Å². The Balaban J connectivity index is 1.90. The van der Waals surface area contributed by atoms with Crippen LogP contribution in [0.3, 0.4) is 0 Å². The van der Waals surface area contributed by atoms with E-state index in [2.05, 4.69) is 21.7 Å². The highest BCUT2D eigenvalue weighted by Gasteiger charge is 2.32. The van der Waals surface area contributed by atoms with Crippen LogP contribution in [0.2, 0.25) is 0 Å². The van der Waals surface area contributed by atoms with Crippen LogP contribution in [0, 0.1) is 0 Å². The quantitative estimate of drug-likeness (QED) is 0.842. The van der Waals surface area contributed by atoms with Gasteiger partial charge in [0.25, 0.3) is 0 Å². The highest BCUT2D eigenvalue weighted by molar-refractivity contribution is 5.16. The second kappa shape index (κ2) is 5.88. The Kier molecular flexibility index (Phi) is 4.42. The van der Waals surface area contributed by atoms with Gasteiger partial charge in [-0.1, -0.05) is 13.0 Å². The first kappa shape index (κ1) is 14.3. The first-order valence-corrected chi connectivity index (χ1v) is 6.46. The summed E-state index contributed by atoms with van der Waals surface area (Å²) < 4.78 is 37.1. The molecule has 0 aliphatic carbocycles. The van der Waals surface area contributed by atoms with Gasteiger partial charge in [-0.3, -0.25) is 9.88 Å². The minimum atomic E-state index is -4.36. The average molecular weight is 273 g/mol. The normalized spacial score (nSPS) is 18.7. The average Bonchev–Trinajstić information content (AvgIpc) is 2.39. The van der Waals surface area contributed by atoms with Crippen molar-refractivity contribution in [2.24, 2.45) is 0 Å². The Bertz CT molecular complexity index is 395. The van der Waals surface area contributed by atoms with E-state index >= 15 is 0 Å². The van der Waals surface area contributed by atoms with Crippen LogP contribution in [0.4, 0.5) is 13.2 Å². The molecule has 6 heteroatoms. The van der Waals surface area contributed by atoms with E-state index in [-0.39, 0.29) is 0 Å². The highest BCUT2D eigenvalue weighted by atomic mass is 19.4. The summed E-state index contributed by atoms with van der Waals surface area (Å²) in [5.74, 6) is 0. The molecule has 1 fully saturated rings. The lowest BCUT2D eigenvalue weighted by Crippen LogP contribution is -2.45. The molecule has 1 aromatic heterocycles. The smallest absolute Gasteiger partial charge is 0.301 e. The minimum absolute atomic E-state index is 0.669. The third-order valence-electron chi connectivity index (χ3n) is 3.43. The van der Waals surface area contributed by atoms with Crippen molar-refractivity contribution in [2.45, 2.75) is 19.6 Å². The van der Waals surface area contributed by atoms with E-state index in [1.54, 1.807) is 0 Å². The molecule has 0 N–H and O–H groups in total. The maximum Gasteiger partial charge on any atom is 0.433 e. The molecule has 106 valence electrons. The summed E-state index contributed by atoms with van der Waals surface area (Å²) in [5.41, 5.74) is 0.00463. The zero-order chi connectivity index (χ0) is 13.9. The van der Waals surface area contributed by atoms with Crippen molar-refractivity contribution in [3.05, 3.63) is 29.6 Å². The van der Waals surface area contributed by atoms with Gasteiger partial charge in [0.2, 0.25) is 0 Å². The molecule has 1 aromatic rings. The summed E-state index contributed by atoms with van der Waals surface area (Å²) in [7, 11) is 0. The van der Waals surface area contributed by atoms with Crippen LogP contribution in [0.15, 0.2) is 18.3 Å². The molecule has 0 saturated carbocycles. The number of nitrogens with zero attached hydrogens (tertiary/aromatic N) is 3. The Morgan fingerprint density at radius 3 is 2.21 bits per heavy atom. The summed E-state index contributed by atoms with van der Waals surface area (Å²) in [6, 6.07) is 2.57. The maximum absolute atomic E-state index is 12.4. The van der Waals surface area contributed by atoms with Crippen LogP contribution in [-0.4, -0.2) is 47.5 Å². The number of alkyl halides is 3. The van der Waals surface area contributed by atoms with Crippen molar-refractivity contribution in [1.82, 2.24) is 14.8 Å². The van der Waals surface area contributed by atoms with Crippen molar-refractivity contribution in [2.75, 3.05) is 32.7 Å². The van der Waals surface area contributed by atoms with Gasteiger partial charge in [-0.2, -0.15) is 13.2 Å². The Labute approximate surface area is 111 Å². The van der Waals surface area contributed by atoms with E-state index in [9.17, 15) is 13.2 Å². The largest absolute Gasteiger partial charge is 0.433 e. The molecule has 0 bridgehead atoms. The SMILES string of the molecule is CCN1CCN(Cc2ccc(C(F)(F)F)nc2)CC1. The predicted octanol–water partition coefficient (Wildman–Crippen LogP) is 2.24. The molecular weight excluding hydrogens is 255 g/mol. The fourth-order valence-corrected chi connectivity index (χ4v) is 2.21. The molecule has 3 nitrogen and oxygen atoms in total. The summed E-state index contributed by atoms with van der Waals surface area (Å²) in [6.45, 7) is 7.80. The van der Waals surface area contributed by atoms with Crippen molar-refractivity contribution in [3.63, 3.8) is 0 Å². The Morgan fingerprint density at radius 2 is 1.74 bits per heavy atom. The molecule has 1 saturated heterocycles. The molecule has 19 heavy (non-hydrogen) atoms. The van der Waals surface area contributed by atoms with Gasteiger partial charge in [-0.05, 0) is 18.2 Å². The molecule has 0 radical (unpaired) electrons. The zero-order valence-corrected chi connectivity index (χ0v) is 11.0. The first-order chi connectivity index (χ1) is 8.99. The van der Waals surface area contributed by atoms with Crippen LogP contribution in [0.25, 0.3) is 0 Å². The van der Waals surface area contributed by atoms with Gasteiger partial charge < -0.3 is 4.90 Å². The molecule has 0 spiro atoms. The van der Waals surface area contributed by atoms with Gasteiger partial charge in [-0.25, -0.2) is 0 Å². The number of pyridine rings is 1. The molecule has 0 amide bonds. The van der Waals surface area contributed by atoms with Crippen LogP contribution in [0.1, 0.15) is 18.2 Å². The van der Waals surface area contributed by atoms with Gasteiger partial charge in [-0.15, -0.1) is 0 Å². The van der Waals surface area contributed by atoms with E-state index in [1.807, 2.05) is 0 Å². The van der Waals surface area contributed by atoms with Crippen LogP contribution in [0.5, 0.6) is 0 Å². The number of piperazine rings is 1. The van der Waals surface area contributed by atoms with E-state index in [4.69, 9.17) is 0 Å².